The molecular formula is C15H20N2O5S. The van der Waals surface area contributed by atoms with Gasteiger partial charge in [-0.25, -0.2) is 8.42 Å². The molecule has 8 heteroatoms. The number of carboxylic acid groups (broad SMARTS) is 1. The van der Waals surface area contributed by atoms with Gasteiger partial charge in [0.25, 0.3) is 0 Å². The summed E-state index contributed by atoms with van der Waals surface area (Å²) in [5.41, 5.74) is 0.308. The molecule has 1 atom stereocenters. The topological polar surface area (TPSA) is 96.8 Å². The Labute approximate surface area is 135 Å². The normalized spacial score (nSPS) is 24.8. The zero-order chi connectivity index (χ0) is 16.7. The molecule has 0 aromatic carbocycles. The summed E-state index contributed by atoms with van der Waals surface area (Å²) in [6.07, 6.45) is 4.48. The van der Waals surface area contributed by atoms with Crippen molar-refractivity contribution in [3.63, 3.8) is 0 Å². The van der Waals surface area contributed by atoms with Crippen LogP contribution in [-0.2, 0) is 19.6 Å². The van der Waals surface area contributed by atoms with Gasteiger partial charge in [-0.15, -0.1) is 0 Å². The van der Waals surface area contributed by atoms with Crippen LogP contribution in [0, 0.1) is 12.8 Å². The molecular weight excluding hydrogens is 320 g/mol. The highest BCUT2D eigenvalue weighted by Gasteiger charge is 2.46. The Bertz CT molecular complexity index is 710. The summed E-state index contributed by atoms with van der Waals surface area (Å²) in [4.78, 5) is 15.2. The first-order chi connectivity index (χ1) is 10.8. The van der Waals surface area contributed by atoms with E-state index in [-0.39, 0.29) is 11.5 Å². The lowest BCUT2D eigenvalue weighted by Crippen LogP contribution is -2.46. The average molecular weight is 340 g/mol. The number of aryl methyl sites for hydroxylation is 1. The van der Waals surface area contributed by atoms with Gasteiger partial charge in [-0.05, 0) is 37.8 Å². The molecule has 3 rings (SSSR count). The molecule has 2 aliphatic heterocycles. The number of carbonyl (C=O) groups is 1. The van der Waals surface area contributed by atoms with E-state index in [9.17, 15) is 13.2 Å². The molecule has 0 bridgehead atoms. The van der Waals surface area contributed by atoms with Crippen LogP contribution in [0.3, 0.4) is 0 Å². The Morgan fingerprint density at radius 2 is 2.09 bits per heavy atom. The first-order valence-corrected chi connectivity index (χ1v) is 9.05. The number of sulfonamides is 1. The first-order valence-electron chi connectivity index (χ1n) is 7.61. The van der Waals surface area contributed by atoms with E-state index in [2.05, 4.69) is 4.98 Å². The molecule has 2 aliphatic rings. The van der Waals surface area contributed by atoms with Crippen LogP contribution in [0.2, 0.25) is 0 Å². The number of piperidine rings is 1. The lowest BCUT2D eigenvalue weighted by atomic mass is 9.86. The molecule has 1 N–H and O–H groups in total. The van der Waals surface area contributed by atoms with E-state index in [1.54, 1.807) is 19.2 Å². The summed E-state index contributed by atoms with van der Waals surface area (Å²) in [6.45, 7) is 2.69. The second-order valence-electron chi connectivity index (χ2n) is 6.34. The van der Waals surface area contributed by atoms with Crippen LogP contribution in [0.4, 0.5) is 0 Å². The van der Waals surface area contributed by atoms with Crippen LogP contribution in [0.5, 0.6) is 0 Å². The van der Waals surface area contributed by atoms with Gasteiger partial charge in [0.05, 0.1) is 18.1 Å². The summed E-state index contributed by atoms with van der Waals surface area (Å²) >= 11 is 0. The fourth-order valence-electron chi connectivity index (χ4n) is 3.30. The number of hydrogen-bond donors (Lipinski definition) is 1. The van der Waals surface area contributed by atoms with Crippen LogP contribution in [0.15, 0.2) is 23.4 Å². The Balaban J connectivity index is 1.71. The minimum atomic E-state index is -3.56. The van der Waals surface area contributed by atoms with E-state index < -0.39 is 27.5 Å². The van der Waals surface area contributed by atoms with Gasteiger partial charge in [-0.2, -0.15) is 4.31 Å². The van der Waals surface area contributed by atoms with Crippen LogP contribution >= 0.6 is 0 Å². The number of nitrogens with zero attached hydrogens (tertiary/aromatic N) is 2. The molecule has 2 fully saturated rings. The Morgan fingerprint density at radius 1 is 1.39 bits per heavy atom. The molecule has 126 valence electrons. The number of aromatic nitrogens is 1. The molecule has 0 aliphatic carbocycles. The number of aliphatic carboxylic acids is 1. The predicted molar refractivity (Wildman–Crippen MR) is 81.4 cm³/mol. The number of ether oxygens (including phenoxy) is 1. The molecule has 1 spiro atoms. The van der Waals surface area contributed by atoms with Crippen molar-refractivity contribution in [3.8, 4) is 0 Å². The molecule has 23 heavy (non-hydrogen) atoms. The van der Waals surface area contributed by atoms with E-state index >= 15 is 0 Å². The molecule has 1 unspecified atom stereocenters. The van der Waals surface area contributed by atoms with Gasteiger partial charge in [-0.1, -0.05) is 0 Å². The van der Waals surface area contributed by atoms with Gasteiger partial charge >= 0.3 is 5.97 Å². The monoisotopic (exact) mass is 340 g/mol. The van der Waals surface area contributed by atoms with Gasteiger partial charge in [-0.3, -0.25) is 9.78 Å². The first kappa shape index (κ1) is 16.4. The summed E-state index contributed by atoms with van der Waals surface area (Å²) in [5, 5.41) is 9.09. The standard InChI is InChI=1S/C15H20N2O5S/c1-11-6-13(9-16-8-11)23(20,21)17-4-2-15(3-5-17)7-12(10-22-15)14(18)19/h6,8-9,12H,2-5,7,10H2,1H3,(H,18,19). The van der Waals surface area contributed by atoms with Crippen molar-refractivity contribution >= 4 is 16.0 Å². The van der Waals surface area contributed by atoms with Gasteiger partial charge in [0, 0.05) is 25.5 Å². The van der Waals surface area contributed by atoms with E-state index in [4.69, 9.17) is 9.84 Å². The fourth-order valence-corrected chi connectivity index (χ4v) is 4.79. The minimum Gasteiger partial charge on any atom is -0.481 e. The number of rotatable bonds is 3. The quantitative estimate of drug-likeness (QED) is 0.883. The van der Waals surface area contributed by atoms with Gasteiger partial charge in [0.15, 0.2) is 0 Å². The molecule has 1 aromatic rings. The zero-order valence-electron chi connectivity index (χ0n) is 12.9. The maximum absolute atomic E-state index is 12.7. The summed E-state index contributed by atoms with van der Waals surface area (Å²) in [5.74, 6) is -1.33. The molecule has 0 amide bonds. The minimum absolute atomic E-state index is 0.198. The summed E-state index contributed by atoms with van der Waals surface area (Å²) in [7, 11) is -3.56. The predicted octanol–water partition coefficient (Wildman–Crippen LogP) is 1.03. The third-order valence-corrected chi connectivity index (χ3v) is 6.54. The van der Waals surface area contributed by atoms with Crippen molar-refractivity contribution in [2.24, 2.45) is 5.92 Å². The van der Waals surface area contributed by atoms with Crippen molar-refractivity contribution in [2.75, 3.05) is 19.7 Å². The smallest absolute Gasteiger partial charge is 0.308 e. The van der Waals surface area contributed by atoms with E-state index in [1.807, 2.05) is 0 Å². The third-order valence-electron chi connectivity index (χ3n) is 4.68. The maximum Gasteiger partial charge on any atom is 0.308 e. The molecule has 0 saturated carbocycles. The summed E-state index contributed by atoms with van der Waals surface area (Å²) in [6, 6.07) is 1.61. The molecule has 1 aromatic heterocycles. The molecule has 0 radical (unpaired) electrons. The van der Waals surface area contributed by atoms with Crippen LogP contribution in [0.25, 0.3) is 0 Å². The van der Waals surface area contributed by atoms with E-state index in [0.717, 1.165) is 5.56 Å². The Morgan fingerprint density at radius 3 is 2.65 bits per heavy atom. The van der Waals surface area contributed by atoms with Crippen molar-refractivity contribution in [2.45, 2.75) is 36.7 Å². The highest BCUT2D eigenvalue weighted by atomic mass is 32.2. The van der Waals surface area contributed by atoms with Crippen LogP contribution < -0.4 is 0 Å². The highest BCUT2D eigenvalue weighted by molar-refractivity contribution is 7.89. The Hall–Kier alpha value is -1.51. The lowest BCUT2D eigenvalue weighted by molar-refractivity contribution is -0.141. The third kappa shape index (κ3) is 3.11. The molecule has 2 saturated heterocycles. The largest absolute Gasteiger partial charge is 0.481 e. The number of hydrogen-bond acceptors (Lipinski definition) is 5. The van der Waals surface area contributed by atoms with Gasteiger partial charge < -0.3 is 9.84 Å². The van der Waals surface area contributed by atoms with Crippen LogP contribution in [-0.4, -0.2) is 54.1 Å². The van der Waals surface area contributed by atoms with Crippen molar-refractivity contribution in [1.29, 1.82) is 0 Å². The van der Waals surface area contributed by atoms with Crippen molar-refractivity contribution < 1.29 is 23.1 Å². The van der Waals surface area contributed by atoms with Crippen LogP contribution in [0.1, 0.15) is 24.8 Å². The second-order valence-corrected chi connectivity index (χ2v) is 8.27. The van der Waals surface area contributed by atoms with Crippen molar-refractivity contribution in [3.05, 3.63) is 24.0 Å². The zero-order valence-corrected chi connectivity index (χ0v) is 13.8. The number of pyridine rings is 1. The molecule has 7 nitrogen and oxygen atoms in total. The average Bonchev–Trinajstić information content (AvgIpc) is 2.92. The fraction of sp³-hybridized carbons (Fsp3) is 0.600. The summed E-state index contributed by atoms with van der Waals surface area (Å²) < 4.78 is 32.5. The Kier molecular flexibility index (Phi) is 4.16. The lowest BCUT2D eigenvalue weighted by Gasteiger charge is -2.37. The number of carboxylic acids is 1. The second kappa shape index (κ2) is 5.85. The van der Waals surface area contributed by atoms with E-state index in [0.29, 0.717) is 32.4 Å². The maximum atomic E-state index is 12.7. The van der Waals surface area contributed by atoms with E-state index in [1.165, 1.54) is 10.5 Å². The van der Waals surface area contributed by atoms with Crippen molar-refractivity contribution in [1.82, 2.24) is 9.29 Å². The van der Waals surface area contributed by atoms with Gasteiger partial charge in [0.2, 0.25) is 10.0 Å². The highest BCUT2D eigenvalue weighted by Crippen LogP contribution is 2.39. The molecule has 3 heterocycles. The SMILES string of the molecule is Cc1cncc(S(=O)(=O)N2CCC3(CC2)CC(C(=O)O)CO3)c1. The van der Waals surface area contributed by atoms with Gasteiger partial charge in [0.1, 0.15) is 4.90 Å².